The molecule has 4 nitrogen and oxygen atoms in total. The minimum absolute atomic E-state index is 0.527. The molecule has 0 saturated heterocycles. The molecule has 78 valence electrons. The van der Waals surface area contributed by atoms with Crippen LogP contribution >= 0.6 is 0 Å². The Hall–Kier alpha value is -1.55. The molecule has 0 bridgehead atoms. The highest BCUT2D eigenvalue weighted by Gasteiger charge is 2.21. The van der Waals surface area contributed by atoms with E-state index in [1.165, 1.54) is 18.5 Å². The number of hydrogen-bond acceptors (Lipinski definition) is 3. The molecule has 0 aromatic carbocycles. The number of nitrogens with zero attached hydrogens (tertiary/aromatic N) is 1. The van der Waals surface area contributed by atoms with Crippen molar-refractivity contribution in [1.82, 2.24) is 9.97 Å². The largest absolute Gasteiger partial charge is 0.382 e. The molecular formula is C11H14N4. The number of rotatable bonds is 3. The van der Waals surface area contributed by atoms with Crippen LogP contribution < -0.4 is 11.1 Å². The lowest BCUT2D eigenvalue weighted by Gasteiger charge is -2.04. The fourth-order valence-corrected chi connectivity index (χ4v) is 1.76. The maximum Gasteiger partial charge on any atom is 0.139 e. The van der Waals surface area contributed by atoms with E-state index < -0.39 is 0 Å². The zero-order valence-corrected chi connectivity index (χ0v) is 8.46. The molecule has 15 heavy (non-hydrogen) atoms. The molecule has 1 saturated carbocycles. The van der Waals surface area contributed by atoms with Crippen LogP contribution in [0.3, 0.4) is 0 Å². The molecule has 2 aromatic rings. The van der Waals surface area contributed by atoms with E-state index >= 15 is 0 Å². The van der Waals surface area contributed by atoms with Crippen LogP contribution in [-0.2, 0) is 6.54 Å². The quantitative estimate of drug-likeness (QED) is 0.708. The minimum atomic E-state index is 0.527. The lowest BCUT2D eigenvalue weighted by molar-refractivity contribution is 1.02. The Bertz CT molecular complexity index is 484. The first-order chi connectivity index (χ1) is 7.36. The Morgan fingerprint density at radius 2 is 2.40 bits per heavy atom. The van der Waals surface area contributed by atoms with Crippen molar-refractivity contribution in [2.24, 2.45) is 5.73 Å². The topological polar surface area (TPSA) is 66.7 Å². The molecule has 2 aromatic heterocycles. The van der Waals surface area contributed by atoms with Gasteiger partial charge in [0.15, 0.2) is 0 Å². The second-order valence-electron chi connectivity index (χ2n) is 4.04. The number of fused-ring (bicyclic) bond motifs is 1. The molecule has 2 heterocycles. The zero-order chi connectivity index (χ0) is 10.3. The summed E-state index contributed by atoms with van der Waals surface area (Å²) in [4.78, 5) is 7.49. The van der Waals surface area contributed by atoms with Crippen molar-refractivity contribution in [2.75, 3.05) is 5.32 Å². The monoisotopic (exact) mass is 202 g/mol. The Kier molecular flexibility index (Phi) is 1.89. The van der Waals surface area contributed by atoms with Gasteiger partial charge in [-0.05, 0) is 25.0 Å². The van der Waals surface area contributed by atoms with E-state index in [1.807, 2.05) is 12.3 Å². The van der Waals surface area contributed by atoms with Crippen molar-refractivity contribution < 1.29 is 0 Å². The number of nitrogens with one attached hydrogen (secondary N) is 2. The average molecular weight is 202 g/mol. The molecule has 1 fully saturated rings. The van der Waals surface area contributed by atoms with E-state index in [-0.39, 0.29) is 0 Å². The maximum atomic E-state index is 5.60. The van der Waals surface area contributed by atoms with Gasteiger partial charge in [-0.15, -0.1) is 0 Å². The highest BCUT2D eigenvalue weighted by atomic mass is 15.0. The summed E-state index contributed by atoms with van der Waals surface area (Å²) in [5.74, 6) is 0. The molecule has 0 unspecified atom stereocenters. The normalized spacial score (nSPS) is 15.8. The van der Waals surface area contributed by atoms with Gasteiger partial charge in [-0.3, -0.25) is 0 Å². The lowest BCUT2D eigenvalue weighted by atomic mass is 10.2. The summed E-state index contributed by atoms with van der Waals surface area (Å²) in [6, 6.07) is 4.76. The van der Waals surface area contributed by atoms with Crippen LogP contribution in [0.5, 0.6) is 0 Å². The maximum absolute atomic E-state index is 5.60. The van der Waals surface area contributed by atoms with Gasteiger partial charge in [0.1, 0.15) is 5.65 Å². The highest BCUT2D eigenvalue weighted by Crippen LogP contribution is 2.29. The molecule has 4 N–H and O–H groups in total. The molecular weight excluding hydrogens is 188 g/mol. The molecule has 0 amide bonds. The number of hydrogen-bond donors (Lipinski definition) is 3. The van der Waals surface area contributed by atoms with Crippen molar-refractivity contribution >= 4 is 16.7 Å². The number of H-pyrrole nitrogens is 1. The van der Waals surface area contributed by atoms with Crippen molar-refractivity contribution in [1.29, 1.82) is 0 Å². The third-order valence-corrected chi connectivity index (χ3v) is 2.74. The molecule has 1 aliphatic carbocycles. The molecule has 1 aliphatic rings. The summed E-state index contributed by atoms with van der Waals surface area (Å²) < 4.78 is 0. The van der Waals surface area contributed by atoms with Crippen molar-refractivity contribution in [2.45, 2.75) is 25.4 Å². The van der Waals surface area contributed by atoms with Crippen molar-refractivity contribution in [3.05, 3.63) is 24.0 Å². The van der Waals surface area contributed by atoms with Crippen LogP contribution in [-0.4, -0.2) is 16.0 Å². The van der Waals surface area contributed by atoms with Crippen LogP contribution in [0, 0.1) is 0 Å². The van der Waals surface area contributed by atoms with Crippen molar-refractivity contribution in [3.63, 3.8) is 0 Å². The van der Waals surface area contributed by atoms with E-state index in [0.717, 1.165) is 16.7 Å². The van der Waals surface area contributed by atoms with Gasteiger partial charge >= 0.3 is 0 Å². The number of anilines is 1. The Morgan fingerprint density at radius 3 is 3.13 bits per heavy atom. The van der Waals surface area contributed by atoms with Gasteiger partial charge in [0.25, 0.3) is 0 Å². The van der Waals surface area contributed by atoms with Crippen LogP contribution in [0.2, 0.25) is 0 Å². The summed E-state index contributed by atoms with van der Waals surface area (Å²) in [5, 5.41) is 4.64. The van der Waals surface area contributed by atoms with Gasteiger partial charge in [0, 0.05) is 35.6 Å². The molecule has 4 heteroatoms. The summed E-state index contributed by atoms with van der Waals surface area (Å²) in [6.07, 6.45) is 4.37. The Balaban J connectivity index is 2.06. The SMILES string of the molecule is NCc1cc2c(NC3CC3)ccnc2[nH]1. The zero-order valence-electron chi connectivity index (χ0n) is 8.46. The first-order valence-electron chi connectivity index (χ1n) is 5.30. The van der Waals surface area contributed by atoms with Gasteiger partial charge in [0.05, 0.1) is 0 Å². The number of aromatic amines is 1. The van der Waals surface area contributed by atoms with Gasteiger partial charge in [-0.1, -0.05) is 0 Å². The number of aromatic nitrogens is 2. The summed E-state index contributed by atoms with van der Waals surface area (Å²) >= 11 is 0. The van der Waals surface area contributed by atoms with E-state index in [4.69, 9.17) is 5.73 Å². The van der Waals surface area contributed by atoms with E-state index in [9.17, 15) is 0 Å². The predicted molar refractivity (Wildman–Crippen MR) is 60.6 cm³/mol. The van der Waals surface area contributed by atoms with Crippen LogP contribution in [0.4, 0.5) is 5.69 Å². The molecule has 3 rings (SSSR count). The number of pyridine rings is 1. The standard InChI is InChI=1S/C11H14N4/c12-6-8-5-9-10(14-7-1-2-7)3-4-13-11(9)15-8/h3-5,7H,1-2,6,12H2,(H2,13,14,15). The molecule has 0 aliphatic heterocycles. The molecule has 0 spiro atoms. The molecule has 0 radical (unpaired) electrons. The van der Waals surface area contributed by atoms with Gasteiger partial charge in [-0.2, -0.15) is 0 Å². The van der Waals surface area contributed by atoms with Crippen LogP contribution in [0.1, 0.15) is 18.5 Å². The Labute approximate surface area is 87.9 Å². The van der Waals surface area contributed by atoms with Crippen LogP contribution in [0.25, 0.3) is 11.0 Å². The Morgan fingerprint density at radius 1 is 1.53 bits per heavy atom. The van der Waals surface area contributed by atoms with E-state index in [2.05, 4.69) is 21.4 Å². The van der Waals surface area contributed by atoms with Gasteiger partial charge in [0.2, 0.25) is 0 Å². The van der Waals surface area contributed by atoms with Gasteiger partial charge < -0.3 is 16.0 Å². The van der Waals surface area contributed by atoms with E-state index in [1.54, 1.807) is 0 Å². The van der Waals surface area contributed by atoms with Crippen molar-refractivity contribution in [3.8, 4) is 0 Å². The van der Waals surface area contributed by atoms with E-state index in [0.29, 0.717) is 12.6 Å². The third kappa shape index (κ3) is 1.57. The smallest absolute Gasteiger partial charge is 0.139 e. The summed E-state index contributed by atoms with van der Waals surface area (Å²) in [5.41, 5.74) is 8.71. The van der Waals surface area contributed by atoms with Crippen LogP contribution in [0.15, 0.2) is 18.3 Å². The van der Waals surface area contributed by atoms with Gasteiger partial charge in [-0.25, -0.2) is 4.98 Å². The number of nitrogens with two attached hydrogens (primary N) is 1. The predicted octanol–water partition coefficient (Wildman–Crippen LogP) is 1.60. The fraction of sp³-hybridized carbons (Fsp3) is 0.364. The summed E-state index contributed by atoms with van der Waals surface area (Å²) in [7, 11) is 0. The second kappa shape index (κ2) is 3.24. The second-order valence-corrected chi connectivity index (χ2v) is 4.04. The fourth-order valence-electron chi connectivity index (χ4n) is 1.76. The highest BCUT2D eigenvalue weighted by molar-refractivity contribution is 5.90. The third-order valence-electron chi connectivity index (χ3n) is 2.74. The lowest BCUT2D eigenvalue weighted by Crippen LogP contribution is -2.00. The average Bonchev–Trinajstić information content (AvgIpc) is 2.96. The first-order valence-corrected chi connectivity index (χ1v) is 5.30. The minimum Gasteiger partial charge on any atom is -0.382 e. The summed E-state index contributed by atoms with van der Waals surface area (Å²) in [6.45, 7) is 0.527. The molecule has 0 atom stereocenters. The first kappa shape index (κ1) is 8.73.